The summed E-state index contributed by atoms with van der Waals surface area (Å²) in [6, 6.07) is 8.11. The fourth-order valence-electron chi connectivity index (χ4n) is 2.74. The number of carbonyl (C=O) groups excluding carboxylic acids is 2. The summed E-state index contributed by atoms with van der Waals surface area (Å²) >= 11 is 1.51. The predicted octanol–water partition coefficient (Wildman–Crippen LogP) is 2.68. The van der Waals surface area contributed by atoms with Crippen molar-refractivity contribution in [1.82, 2.24) is 9.55 Å². The van der Waals surface area contributed by atoms with Crippen LogP contribution in [-0.4, -0.2) is 27.0 Å². The summed E-state index contributed by atoms with van der Waals surface area (Å²) in [4.78, 5) is 40.3. The van der Waals surface area contributed by atoms with Crippen molar-refractivity contribution in [1.29, 1.82) is 0 Å². The van der Waals surface area contributed by atoms with Gasteiger partial charge in [-0.2, -0.15) is 0 Å². The molecule has 0 fully saturated rings. The Hall–Kier alpha value is -2.41. The van der Waals surface area contributed by atoms with Crippen LogP contribution in [0, 0.1) is 0 Å². The number of anilines is 1. The van der Waals surface area contributed by atoms with Gasteiger partial charge in [0.2, 0.25) is 5.91 Å². The molecule has 1 aromatic heterocycles. The Morgan fingerprint density at radius 1 is 1.32 bits per heavy atom. The van der Waals surface area contributed by atoms with Gasteiger partial charge in [-0.15, -0.1) is 0 Å². The molecule has 25 heavy (non-hydrogen) atoms. The molecular weight excluding hydrogens is 338 g/mol. The van der Waals surface area contributed by atoms with Gasteiger partial charge in [-0.3, -0.25) is 19.0 Å². The molecule has 2 heterocycles. The van der Waals surface area contributed by atoms with Gasteiger partial charge in [0, 0.05) is 35.2 Å². The smallest absolute Gasteiger partial charge is 0.254 e. The van der Waals surface area contributed by atoms with E-state index in [4.69, 9.17) is 0 Å². The van der Waals surface area contributed by atoms with E-state index < -0.39 is 0 Å². The van der Waals surface area contributed by atoms with E-state index in [0.29, 0.717) is 28.6 Å². The van der Waals surface area contributed by atoms with Crippen molar-refractivity contribution in [3.05, 3.63) is 51.9 Å². The lowest BCUT2D eigenvalue weighted by molar-refractivity contribution is -0.116. The minimum absolute atomic E-state index is 0.0178. The Morgan fingerprint density at radius 3 is 2.68 bits per heavy atom. The number of ketones is 1. The number of nitrogens with zero attached hydrogens (tertiary/aromatic N) is 2. The summed E-state index contributed by atoms with van der Waals surface area (Å²) in [6.07, 6.45) is 0.923. The quantitative estimate of drug-likeness (QED) is 0.657. The number of fused-ring (bicyclic) bond motifs is 1. The molecule has 0 aliphatic carbocycles. The van der Waals surface area contributed by atoms with E-state index in [1.807, 2.05) is 6.92 Å². The Bertz CT molecular complexity index is 874. The zero-order valence-corrected chi connectivity index (χ0v) is 14.9. The second kappa shape index (κ2) is 7.23. The van der Waals surface area contributed by atoms with Crippen LogP contribution in [0.3, 0.4) is 0 Å². The number of thioether (sulfide) groups is 1. The number of Topliss-reactive ketones (excluding diaryl/α,β-unsaturated/α-hetero) is 1. The van der Waals surface area contributed by atoms with Gasteiger partial charge in [0.05, 0.1) is 6.04 Å². The molecule has 3 rings (SSSR count). The summed E-state index contributed by atoms with van der Waals surface area (Å²) in [5.41, 5.74) is 1.91. The number of amides is 1. The molecule has 0 spiro atoms. The zero-order valence-electron chi connectivity index (χ0n) is 14.1. The summed E-state index contributed by atoms with van der Waals surface area (Å²) in [7, 11) is 0. The minimum atomic E-state index is -0.192. The second-order valence-electron chi connectivity index (χ2n) is 5.94. The first-order valence-corrected chi connectivity index (χ1v) is 9.12. The Labute approximate surface area is 149 Å². The van der Waals surface area contributed by atoms with Crippen LogP contribution in [0.5, 0.6) is 0 Å². The molecule has 1 unspecified atom stereocenters. The molecule has 1 aromatic carbocycles. The highest BCUT2D eigenvalue weighted by Gasteiger charge is 2.27. The summed E-state index contributed by atoms with van der Waals surface area (Å²) in [5.74, 6) is 0.475. The molecule has 1 N–H and O–H groups in total. The van der Waals surface area contributed by atoms with E-state index >= 15 is 0 Å². The molecule has 0 radical (unpaired) electrons. The predicted molar refractivity (Wildman–Crippen MR) is 97.3 cm³/mol. The third-order valence-electron chi connectivity index (χ3n) is 4.10. The molecule has 2 aromatic rings. The van der Waals surface area contributed by atoms with Crippen LogP contribution < -0.4 is 10.9 Å². The van der Waals surface area contributed by atoms with Crippen LogP contribution in [0.25, 0.3) is 0 Å². The van der Waals surface area contributed by atoms with Crippen molar-refractivity contribution in [2.24, 2.45) is 0 Å². The normalized spacial score (nSPS) is 15.7. The Morgan fingerprint density at radius 2 is 2.04 bits per heavy atom. The molecule has 1 amide bonds. The lowest BCUT2D eigenvalue weighted by Gasteiger charge is -2.13. The number of hydrogen-bond acceptors (Lipinski definition) is 5. The number of hydrogen-bond donors (Lipinski definition) is 1. The molecule has 0 saturated carbocycles. The average molecular weight is 357 g/mol. The van der Waals surface area contributed by atoms with Crippen LogP contribution in [0.4, 0.5) is 5.69 Å². The van der Waals surface area contributed by atoms with Gasteiger partial charge in [-0.25, -0.2) is 4.98 Å². The summed E-state index contributed by atoms with van der Waals surface area (Å²) < 4.78 is 1.61. The van der Waals surface area contributed by atoms with Gasteiger partial charge in [-0.1, -0.05) is 18.7 Å². The highest BCUT2D eigenvalue weighted by molar-refractivity contribution is 7.99. The van der Waals surface area contributed by atoms with Crippen molar-refractivity contribution in [2.45, 2.75) is 37.9 Å². The first-order chi connectivity index (χ1) is 12.0. The van der Waals surface area contributed by atoms with Gasteiger partial charge in [0.15, 0.2) is 10.9 Å². The van der Waals surface area contributed by atoms with E-state index in [0.717, 1.165) is 5.69 Å². The Kier molecular flexibility index (Phi) is 5.03. The summed E-state index contributed by atoms with van der Waals surface area (Å²) in [6.45, 7) is 3.46. The number of carbonyl (C=O) groups is 2. The molecule has 1 aliphatic heterocycles. The van der Waals surface area contributed by atoms with Crippen LogP contribution in [0.1, 0.15) is 42.4 Å². The molecular formula is C18H19N3O3S. The fraction of sp³-hybridized carbons (Fsp3) is 0.333. The molecule has 130 valence electrons. The topological polar surface area (TPSA) is 81.1 Å². The second-order valence-corrected chi connectivity index (χ2v) is 6.93. The number of rotatable bonds is 5. The molecule has 7 heteroatoms. The number of aromatic nitrogens is 2. The lowest BCUT2D eigenvalue weighted by Crippen LogP contribution is -2.27. The lowest BCUT2D eigenvalue weighted by atomic mass is 10.1. The highest BCUT2D eigenvalue weighted by Crippen LogP contribution is 2.32. The van der Waals surface area contributed by atoms with Crippen LogP contribution in [0.15, 0.2) is 40.3 Å². The molecule has 1 atom stereocenters. The van der Waals surface area contributed by atoms with Gasteiger partial charge in [0.25, 0.3) is 5.56 Å². The Balaban J connectivity index is 1.69. The standard InChI is InChI=1S/C18H19N3O3S/c1-3-13-8-17(24)21-15(10-25-18(21)20-13)9-16(23)19-14-6-4-12(5-7-14)11(2)22/h4-8,15H,3,9-10H2,1-2H3,(H,19,23). The van der Waals surface area contributed by atoms with Crippen molar-refractivity contribution >= 4 is 29.1 Å². The third kappa shape index (κ3) is 3.82. The van der Waals surface area contributed by atoms with E-state index in [2.05, 4.69) is 10.3 Å². The average Bonchev–Trinajstić information content (AvgIpc) is 2.98. The maximum absolute atomic E-state index is 12.3. The van der Waals surface area contributed by atoms with E-state index in [1.54, 1.807) is 34.9 Å². The first kappa shape index (κ1) is 17.4. The highest BCUT2D eigenvalue weighted by atomic mass is 32.2. The third-order valence-corrected chi connectivity index (χ3v) is 5.20. The maximum Gasteiger partial charge on any atom is 0.254 e. The van der Waals surface area contributed by atoms with Gasteiger partial charge >= 0.3 is 0 Å². The van der Waals surface area contributed by atoms with Crippen molar-refractivity contribution in [3.8, 4) is 0 Å². The number of nitrogens with one attached hydrogen (secondary N) is 1. The van der Waals surface area contributed by atoms with Crippen LogP contribution in [0.2, 0.25) is 0 Å². The van der Waals surface area contributed by atoms with Gasteiger partial charge in [0.1, 0.15) is 0 Å². The largest absolute Gasteiger partial charge is 0.326 e. The monoisotopic (exact) mass is 357 g/mol. The summed E-state index contributed by atoms with van der Waals surface area (Å²) in [5, 5.41) is 3.50. The fourth-order valence-corrected chi connectivity index (χ4v) is 3.91. The SMILES string of the molecule is CCc1cc(=O)n2c(n1)SCC2CC(=O)Nc1ccc(C(C)=O)cc1. The molecule has 0 bridgehead atoms. The van der Waals surface area contributed by atoms with Gasteiger partial charge in [-0.05, 0) is 37.6 Å². The van der Waals surface area contributed by atoms with Gasteiger partial charge < -0.3 is 5.32 Å². The first-order valence-electron chi connectivity index (χ1n) is 8.14. The van der Waals surface area contributed by atoms with Crippen LogP contribution in [-0.2, 0) is 11.2 Å². The molecule has 0 saturated heterocycles. The minimum Gasteiger partial charge on any atom is -0.326 e. The number of aryl methyl sites for hydroxylation is 1. The van der Waals surface area contributed by atoms with Crippen molar-refractivity contribution in [2.75, 3.05) is 11.1 Å². The van der Waals surface area contributed by atoms with Crippen LogP contribution >= 0.6 is 11.8 Å². The zero-order chi connectivity index (χ0) is 18.0. The molecule has 6 nitrogen and oxygen atoms in total. The maximum atomic E-state index is 12.3. The van der Waals surface area contributed by atoms with Crippen molar-refractivity contribution in [3.63, 3.8) is 0 Å². The number of benzene rings is 1. The van der Waals surface area contributed by atoms with E-state index in [1.165, 1.54) is 18.7 Å². The van der Waals surface area contributed by atoms with E-state index in [-0.39, 0.29) is 29.7 Å². The van der Waals surface area contributed by atoms with E-state index in [9.17, 15) is 14.4 Å². The molecule has 1 aliphatic rings. The van der Waals surface area contributed by atoms with Crippen molar-refractivity contribution < 1.29 is 9.59 Å².